The van der Waals surface area contributed by atoms with E-state index >= 15 is 4.11 Å². The Morgan fingerprint density at radius 2 is 1.74 bits per heavy atom. The monoisotopic (exact) mass is 646 g/mol. The summed E-state index contributed by atoms with van der Waals surface area (Å²) in [5, 5.41) is 9.92. The van der Waals surface area contributed by atoms with E-state index < -0.39 is 31.6 Å². The molecule has 1 saturated heterocycles. The molecule has 0 aliphatic carbocycles. The van der Waals surface area contributed by atoms with Crippen molar-refractivity contribution >= 4 is 43.3 Å². The van der Waals surface area contributed by atoms with Gasteiger partial charge in [0.05, 0.1) is 30.2 Å². The molecule has 0 unspecified atom stereocenters. The number of methoxy groups -OCH3 is 1. The summed E-state index contributed by atoms with van der Waals surface area (Å²) in [7, 11) is -2.05. The fourth-order valence-corrected chi connectivity index (χ4v) is 10.0. The number of benzene rings is 3. The van der Waals surface area contributed by atoms with Gasteiger partial charge in [-0.3, -0.25) is 19.3 Å². The summed E-state index contributed by atoms with van der Waals surface area (Å²) in [4.78, 5) is 43.8. The van der Waals surface area contributed by atoms with Gasteiger partial charge in [-0.2, -0.15) is 0 Å². The van der Waals surface area contributed by atoms with Crippen LogP contribution >= 0.6 is 0 Å². The SMILES string of the molecule is COC(=O)CCCCN1C(=O)[C@]2(O[C@H](CCO)[C@@H]([Si](C)(C)F)[C@@H]2C)c2cc(N3C(=O)c4ccccc4Oc4ccccc43)ccc21. The number of anilines is 3. The van der Waals surface area contributed by atoms with Crippen LogP contribution in [0.5, 0.6) is 11.5 Å². The molecule has 242 valence electrons. The molecule has 1 fully saturated rings. The van der Waals surface area contributed by atoms with E-state index in [0.717, 1.165) is 0 Å². The van der Waals surface area contributed by atoms with Crippen molar-refractivity contribution in [2.24, 2.45) is 5.92 Å². The van der Waals surface area contributed by atoms with Crippen molar-refractivity contribution < 1.29 is 37.8 Å². The van der Waals surface area contributed by atoms with Crippen LogP contribution in [-0.4, -0.2) is 57.7 Å². The Morgan fingerprint density at radius 1 is 1.02 bits per heavy atom. The fraction of sp³-hybridized carbons (Fsp3) is 0.400. The highest BCUT2D eigenvalue weighted by Crippen LogP contribution is 2.61. The van der Waals surface area contributed by atoms with Crippen molar-refractivity contribution in [1.29, 1.82) is 0 Å². The molecule has 11 heteroatoms. The van der Waals surface area contributed by atoms with E-state index in [0.29, 0.717) is 59.1 Å². The molecule has 1 N–H and O–H groups in total. The number of aliphatic hydroxyl groups is 1. The summed E-state index contributed by atoms with van der Waals surface area (Å²) < 4.78 is 33.7. The second-order valence-electron chi connectivity index (χ2n) is 12.7. The smallest absolute Gasteiger partial charge is 0.305 e. The molecule has 4 atom stereocenters. The molecular formula is C35H39FN2O7Si. The van der Waals surface area contributed by atoms with E-state index in [9.17, 15) is 19.5 Å². The fourth-order valence-electron chi connectivity index (χ4n) is 7.50. The highest BCUT2D eigenvalue weighted by Gasteiger charge is 2.66. The Labute approximate surface area is 269 Å². The molecule has 9 nitrogen and oxygen atoms in total. The van der Waals surface area contributed by atoms with Gasteiger partial charge >= 0.3 is 5.97 Å². The molecule has 3 aromatic carbocycles. The lowest BCUT2D eigenvalue weighted by atomic mass is 9.82. The minimum Gasteiger partial charge on any atom is -0.469 e. The molecule has 3 aliphatic rings. The summed E-state index contributed by atoms with van der Waals surface area (Å²) in [5.41, 5.74) is 0.533. The first kappa shape index (κ1) is 31.9. The Morgan fingerprint density at radius 3 is 2.46 bits per heavy atom. The van der Waals surface area contributed by atoms with E-state index in [1.165, 1.54) is 7.11 Å². The van der Waals surface area contributed by atoms with Gasteiger partial charge < -0.3 is 28.3 Å². The van der Waals surface area contributed by atoms with Crippen molar-refractivity contribution in [3.63, 3.8) is 0 Å². The lowest BCUT2D eigenvalue weighted by molar-refractivity contribution is -0.146. The molecular weight excluding hydrogens is 607 g/mol. The third-order valence-corrected chi connectivity index (χ3v) is 12.0. The number of rotatable bonds is 9. The van der Waals surface area contributed by atoms with Crippen LogP contribution in [0.25, 0.3) is 0 Å². The van der Waals surface area contributed by atoms with E-state index in [1.54, 1.807) is 59.3 Å². The predicted octanol–water partition coefficient (Wildman–Crippen LogP) is 6.62. The zero-order valence-electron chi connectivity index (χ0n) is 26.5. The van der Waals surface area contributed by atoms with Gasteiger partial charge in [-0.25, -0.2) is 0 Å². The Bertz CT molecular complexity index is 1680. The van der Waals surface area contributed by atoms with Crippen molar-refractivity contribution in [3.05, 3.63) is 77.9 Å². The normalized spacial score (nSPS) is 23.6. The third-order valence-electron chi connectivity index (χ3n) is 9.50. The maximum absolute atomic E-state index is 16.0. The summed E-state index contributed by atoms with van der Waals surface area (Å²) in [5.74, 6) is -0.533. The predicted molar refractivity (Wildman–Crippen MR) is 174 cm³/mol. The number of carbonyl (C=O) groups excluding carboxylic acids is 3. The number of nitrogens with zero attached hydrogens (tertiary/aromatic N) is 2. The van der Waals surface area contributed by atoms with Gasteiger partial charge in [-0.05, 0) is 74.8 Å². The van der Waals surface area contributed by atoms with Crippen molar-refractivity contribution in [2.75, 3.05) is 30.1 Å². The second kappa shape index (κ2) is 12.3. The lowest BCUT2D eigenvalue weighted by Gasteiger charge is -2.31. The van der Waals surface area contributed by atoms with Crippen molar-refractivity contribution in [2.45, 2.75) is 62.9 Å². The largest absolute Gasteiger partial charge is 0.469 e. The van der Waals surface area contributed by atoms with E-state index in [1.807, 2.05) is 37.3 Å². The number of hydrogen-bond acceptors (Lipinski definition) is 7. The number of hydrogen-bond donors (Lipinski definition) is 1. The number of halogens is 1. The number of esters is 1. The van der Waals surface area contributed by atoms with Crippen LogP contribution in [0, 0.1) is 5.92 Å². The van der Waals surface area contributed by atoms with Gasteiger partial charge in [0.25, 0.3) is 11.8 Å². The first-order valence-corrected chi connectivity index (χ1v) is 18.7. The summed E-state index contributed by atoms with van der Waals surface area (Å²) >= 11 is 0. The Balaban J connectivity index is 1.49. The molecule has 0 saturated carbocycles. The molecule has 3 heterocycles. The molecule has 3 aromatic rings. The zero-order chi connectivity index (χ0) is 32.8. The van der Waals surface area contributed by atoms with Crippen LogP contribution in [0.1, 0.15) is 48.5 Å². The highest BCUT2D eigenvalue weighted by atomic mass is 28.4. The summed E-state index contributed by atoms with van der Waals surface area (Å²) in [6, 6.07) is 19.7. The summed E-state index contributed by atoms with van der Waals surface area (Å²) in [6.45, 7) is 5.21. The number of aliphatic hydroxyl groups excluding tert-OH is 1. The minimum atomic E-state index is -3.39. The number of unbranched alkanes of at least 4 members (excludes halogenated alkanes) is 1. The Kier molecular flexibility index (Phi) is 8.51. The van der Waals surface area contributed by atoms with Crippen molar-refractivity contribution in [1.82, 2.24) is 0 Å². The number of ether oxygens (including phenoxy) is 3. The van der Waals surface area contributed by atoms with Gasteiger partial charge in [0.2, 0.25) is 8.41 Å². The third kappa shape index (κ3) is 5.20. The molecule has 0 radical (unpaired) electrons. The van der Waals surface area contributed by atoms with Crippen LogP contribution in [0.3, 0.4) is 0 Å². The standard InChI is InChI=1S/C35H39FN2O7Si/c1-22-32(46(3,4)36)30(18-20-39)45-35(22)25-21-23(16-17-26(25)37(34(35)42)19-10-9-15-31(40)43-2)38-27-12-6-8-14-29(27)44-28-13-7-5-11-24(28)33(38)41/h5-8,11-14,16-17,21-22,30,32,39H,9-10,15,18-20H2,1-4H3/t22-,30+,32-,35+/m0/s1. The maximum Gasteiger partial charge on any atom is 0.305 e. The van der Waals surface area contributed by atoms with Crippen molar-refractivity contribution in [3.8, 4) is 11.5 Å². The van der Waals surface area contributed by atoms with Gasteiger partial charge in [-0.1, -0.05) is 31.2 Å². The molecule has 0 bridgehead atoms. The quantitative estimate of drug-likeness (QED) is 0.121. The first-order valence-electron chi connectivity index (χ1n) is 15.7. The van der Waals surface area contributed by atoms with Crippen LogP contribution in [0.4, 0.5) is 21.2 Å². The molecule has 1 spiro atoms. The van der Waals surface area contributed by atoms with Crippen LogP contribution < -0.4 is 14.5 Å². The van der Waals surface area contributed by atoms with Crippen LogP contribution in [-0.2, 0) is 24.7 Å². The molecule has 6 rings (SSSR count). The van der Waals surface area contributed by atoms with Crippen LogP contribution in [0.15, 0.2) is 66.7 Å². The lowest BCUT2D eigenvalue weighted by Crippen LogP contribution is -2.45. The molecule has 3 aliphatic heterocycles. The minimum absolute atomic E-state index is 0.199. The van der Waals surface area contributed by atoms with Gasteiger partial charge in [-0.15, -0.1) is 0 Å². The number of carbonyl (C=O) groups is 3. The zero-order valence-corrected chi connectivity index (χ0v) is 27.5. The topological polar surface area (TPSA) is 106 Å². The average Bonchev–Trinajstić information content (AvgIpc) is 3.41. The average molecular weight is 647 g/mol. The van der Waals surface area contributed by atoms with E-state index in [2.05, 4.69) is 0 Å². The van der Waals surface area contributed by atoms with E-state index in [4.69, 9.17) is 14.2 Å². The molecule has 2 amide bonds. The first-order chi connectivity index (χ1) is 22.0. The number of para-hydroxylation sites is 3. The summed E-state index contributed by atoms with van der Waals surface area (Å²) in [6.07, 6.45) is 0.819. The highest BCUT2D eigenvalue weighted by molar-refractivity contribution is 6.72. The molecule has 46 heavy (non-hydrogen) atoms. The maximum atomic E-state index is 16.0. The second-order valence-corrected chi connectivity index (χ2v) is 16.5. The van der Waals surface area contributed by atoms with Gasteiger partial charge in [0.15, 0.2) is 11.4 Å². The van der Waals surface area contributed by atoms with E-state index in [-0.39, 0.29) is 37.2 Å². The number of fused-ring (bicyclic) bond motifs is 4. The Hall–Kier alpha value is -4.06. The van der Waals surface area contributed by atoms with Gasteiger partial charge in [0.1, 0.15) is 5.75 Å². The van der Waals surface area contributed by atoms with Crippen LogP contribution in [0.2, 0.25) is 18.6 Å². The number of amides is 2. The molecule has 0 aromatic heterocycles. The van der Waals surface area contributed by atoms with Gasteiger partial charge in [0, 0.05) is 42.3 Å².